The Labute approximate surface area is 140 Å². The van der Waals surface area contributed by atoms with Gasteiger partial charge in [-0.15, -0.1) is 0 Å². The minimum atomic E-state index is -1.04. The first-order valence-corrected chi connectivity index (χ1v) is 7.92. The zero-order valence-electron chi connectivity index (χ0n) is 14.1. The zero-order chi connectivity index (χ0) is 17.9. The number of aliphatic hydroxyl groups excluding tert-OH is 1. The van der Waals surface area contributed by atoms with E-state index in [9.17, 15) is 19.1 Å². The van der Waals surface area contributed by atoms with E-state index in [0.29, 0.717) is 12.2 Å². The second kappa shape index (κ2) is 7.17. The second-order valence-corrected chi connectivity index (χ2v) is 6.69. The SMILES string of the molecule is CC(C)CC1(C)NC(=O)N(CC(O)COc2ccc(F)cc2)C1=O. The van der Waals surface area contributed by atoms with Crippen molar-refractivity contribution in [1.82, 2.24) is 10.2 Å². The van der Waals surface area contributed by atoms with Crippen LogP contribution in [0.1, 0.15) is 27.2 Å². The minimum absolute atomic E-state index is 0.108. The first-order chi connectivity index (χ1) is 11.2. The molecule has 0 bridgehead atoms. The number of hydrogen-bond acceptors (Lipinski definition) is 4. The Morgan fingerprint density at radius 1 is 1.29 bits per heavy atom. The van der Waals surface area contributed by atoms with Gasteiger partial charge in [-0.25, -0.2) is 9.18 Å². The Bertz CT molecular complexity index is 605. The van der Waals surface area contributed by atoms with E-state index in [4.69, 9.17) is 4.74 Å². The lowest BCUT2D eigenvalue weighted by molar-refractivity contribution is -0.132. The van der Waals surface area contributed by atoms with Crippen molar-refractivity contribution in [2.75, 3.05) is 13.2 Å². The van der Waals surface area contributed by atoms with Gasteiger partial charge in [0.25, 0.3) is 5.91 Å². The Morgan fingerprint density at radius 3 is 2.50 bits per heavy atom. The molecule has 3 amide bonds. The van der Waals surface area contributed by atoms with Gasteiger partial charge in [-0.05, 0) is 43.5 Å². The average Bonchev–Trinajstić information content (AvgIpc) is 2.69. The molecule has 1 aromatic carbocycles. The van der Waals surface area contributed by atoms with E-state index in [1.54, 1.807) is 6.92 Å². The summed E-state index contributed by atoms with van der Waals surface area (Å²) in [6.45, 7) is 5.37. The smallest absolute Gasteiger partial charge is 0.325 e. The van der Waals surface area contributed by atoms with Crippen molar-refractivity contribution in [2.24, 2.45) is 5.92 Å². The van der Waals surface area contributed by atoms with E-state index < -0.39 is 17.7 Å². The Morgan fingerprint density at radius 2 is 1.92 bits per heavy atom. The summed E-state index contributed by atoms with van der Waals surface area (Å²) >= 11 is 0. The molecule has 0 aliphatic carbocycles. The van der Waals surface area contributed by atoms with Gasteiger partial charge in [-0.3, -0.25) is 9.69 Å². The number of aliphatic hydroxyl groups is 1. The second-order valence-electron chi connectivity index (χ2n) is 6.69. The van der Waals surface area contributed by atoms with Crippen molar-refractivity contribution in [3.8, 4) is 5.75 Å². The summed E-state index contributed by atoms with van der Waals surface area (Å²) in [7, 11) is 0. The van der Waals surface area contributed by atoms with Crippen molar-refractivity contribution >= 4 is 11.9 Å². The molecule has 2 unspecified atom stereocenters. The third-order valence-corrected chi connectivity index (χ3v) is 3.81. The lowest BCUT2D eigenvalue weighted by Gasteiger charge is -2.24. The summed E-state index contributed by atoms with van der Waals surface area (Å²) in [6.07, 6.45) is -0.512. The molecule has 1 aromatic rings. The van der Waals surface area contributed by atoms with Crippen LogP contribution in [0.25, 0.3) is 0 Å². The predicted octanol–water partition coefficient (Wildman–Crippen LogP) is 1.92. The van der Waals surface area contributed by atoms with E-state index in [1.807, 2.05) is 13.8 Å². The topological polar surface area (TPSA) is 78.9 Å². The minimum Gasteiger partial charge on any atom is -0.491 e. The highest BCUT2D eigenvalue weighted by Crippen LogP contribution is 2.25. The molecule has 7 heteroatoms. The number of carbonyl (C=O) groups excluding carboxylic acids is 2. The number of β-amino-alcohol motifs (C(OH)–C–C–N with tert-alkyl or cyclic N) is 1. The third kappa shape index (κ3) is 4.23. The number of halogens is 1. The summed E-state index contributed by atoms with van der Waals surface area (Å²) in [5.74, 6) is -0.0862. The molecule has 1 saturated heterocycles. The maximum Gasteiger partial charge on any atom is 0.325 e. The van der Waals surface area contributed by atoms with Crippen LogP contribution in [0.15, 0.2) is 24.3 Å². The normalized spacial score (nSPS) is 22.0. The van der Waals surface area contributed by atoms with Crippen LogP contribution in [0, 0.1) is 11.7 Å². The van der Waals surface area contributed by atoms with E-state index in [0.717, 1.165) is 4.90 Å². The van der Waals surface area contributed by atoms with Crippen LogP contribution in [0.3, 0.4) is 0 Å². The molecule has 0 spiro atoms. The maximum absolute atomic E-state index is 12.8. The zero-order valence-corrected chi connectivity index (χ0v) is 14.1. The van der Waals surface area contributed by atoms with Gasteiger partial charge in [0, 0.05) is 0 Å². The molecule has 1 fully saturated rings. The van der Waals surface area contributed by atoms with Crippen LogP contribution in [-0.2, 0) is 4.79 Å². The van der Waals surface area contributed by atoms with Gasteiger partial charge in [-0.2, -0.15) is 0 Å². The first kappa shape index (κ1) is 18.2. The van der Waals surface area contributed by atoms with Crippen LogP contribution in [0.5, 0.6) is 5.75 Å². The lowest BCUT2D eigenvalue weighted by Crippen LogP contribution is -2.45. The lowest BCUT2D eigenvalue weighted by atomic mass is 9.91. The maximum atomic E-state index is 12.8. The Kier molecular flexibility index (Phi) is 5.43. The molecule has 1 heterocycles. The molecule has 0 saturated carbocycles. The number of urea groups is 1. The van der Waals surface area contributed by atoms with E-state index >= 15 is 0 Å². The Hall–Kier alpha value is -2.15. The van der Waals surface area contributed by atoms with Crippen molar-refractivity contribution < 1.29 is 23.8 Å². The molecule has 24 heavy (non-hydrogen) atoms. The van der Waals surface area contributed by atoms with Gasteiger partial charge in [0.1, 0.15) is 29.8 Å². The van der Waals surface area contributed by atoms with Gasteiger partial charge < -0.3 is 15.2 Å². The largest absolute Gasteiger partial charge is 0.491 e. The molecule has 2 rings (SSSR count). The first-order valence-electron chi connectivity index (χ1n) is 7.92. The van der Waals surface area contributed by atoms with Crippen LogP contribution >= 0.6 is 0 Å². The van der Waals surface area contributed by atoms with E-state index in [2.05, 4.69) is 5.32 Å². The average molecular weight is 338 g/mol. The van der Waals surface area contributed by atoms with Crippen LogP contribution in [0.2, 0.25) is 0 Å². The van der Waals surface area contributed by atoms with Crippen molar-refractivity contribution in [3.05, 3.63) is 30.1 Å². The highest BCUT2D eigenvalue weighted by atomic mass is 19.1. The molecular formula is C17H23FN2O4. The van der Waals surface area contributed by atoms with Crippen LogP contribution in [-0.4, -0.2) is 46.7 Å². The van der Waals surface area contributed by atoms with Gasteiger partial charge in [0.15, 0.2) is 0 Å². The summed E-state index contributed by atoms with van der Waals surface area (Å²) < 4.78 is 18.1. The number of amides is 3. The molecule has 132 valence electrons. The number of carbonyl (C=O) groups is 2. The number of imide groups is 1. The molecule has 0 aromatic heterocycles. The molecule has 0 radical (unpaired) electrons. The fourth-order valence-corrected chi connectivity index (χ4v) is 2.85. The molecule has 6 nitrogen and oxygen atoms in total. The fourth-order valence-electron chi connectivity index (χ4n) is 2.85. The number of rotatable bonds is 7. The van der Waals surface area contributed by atoms with Crippen molar-refractivity contribution in [1.29, 1.82) is 0 Å². The number of benzene rings is 1. The number of ether oxygens (including phenoxy) is 1. The summed E-state index contributed by atoms with van der Waals surface area (Å²) in [5, 5.41) is 12.7. The van der Waals surface area contributed by atoms with Crippen LogP contribution in [0.4, 0.5) is 9.18 Å². The number of hydrogen-bond donors (Lipinski definition) is 2. The summed E-state index contributed by atoms with van der Waals surface area (Å²) in [4.78, 5) is 25.5. The fraction of sp³-hybridized carbons (Fsp3) is 0.529. The van der Waals surface area contributed by atoms with Gasteiger partial charge >= 0.3 is 6.03 Å². The number of nitrogens with zero attached hydrogens (tertiary/aromatic N) is 1. The predicted molar refractivity (Wildman–Crippen MR) is 86.0 cm³/mol. The standard InChI is InChI=1S/C17H23FN2O4/c1-11(2)8-17(3)15(22)20(16(23)19-17)9-13(21)10-24-14-6-4-12(18)5-7-14/h4-7,11,13,21H,8-10H2,1-3H3,(H,19,23). The van der Waals surface area contributed by atoms with E-state index in [1.165, 1.54) is 24.3 Å². The summed E-state index contributed by atoms with van der Waals surface area (Å²) in [5.41, 5.74) is -0.942. The van der Waals surface area contributed by atoms with Gasteiger partial charge in [0.05, 0.1) is 6.54 Å². The van der Waals surface area contributed by atoms with Gasteiger partial charge in [0.2, 0.25) is 0 Å². The number of nitrogens with one attached hydrogen (secondary N) is 1. The molecule has 2 atom stereocenters. The van der Waals surface area contributed by atoms with E-state index in [-0.39, 0.29) is 30.8 Å². The van der Waals surface area contributed by atoms with Crippen molar-refractivity contribution in [2.45, 2.75) is 38.8 Å². The molecule has 1 aliphatic heterocycles. The monoisotopic (exact) mass is 338 g/mol. The highest BCUT2D eigenvalue weighted by Gasteiger charge is 2.48. The summed E-state index contributed by atoms with van der Waals surface area (Å²) in [6, 6.07) is 4.86. The van der Waals surface area contributed by atoms with Crippen molar-refractivity contribution in [3.63, 3.8) is 0 Å². The quantitative estimate of drug-likeness (QED) is 0.745. The molecular weight excluding hydrogens is 315 g/mol. The molecule has 2 N–H and O–H groups in total. The third-order valence-electron chi connectivity index (χ3n) is 3.81. The molecule has 1 aliphatic rings. The highest BCUT2D eigenvalue weighted by molar-refractivity contribution is 6.06. The van der Waals surface area contributed by atoms with Gasteiger partial charge in [-0.1, -0.05) is 13.8 Å². The Balaban J connectivity index is 1.91. The van der Waals surface area contributed by atoms with Crippen LogP contribution < -0.4 is 10.1 Å².